The van der Waals surface area contributed by atoms with Gasteiger partial charge >= 0.3 is 6.16 Å². The van der Waals surface area contributed by atoms with Crippen molar-refractivity contribution in [1.82, 2.24) is 0 Å². The van der Waals surface area contributed by atoms with Gasteiger partial charge in [0.2, 0.25) is 0 Å². The van der Waals surface area contributed by atoms with Crippen LogP contribution in [0.1, 0.15) is 32.1 Å². The Labute approximate surface area is 102 Å². The van der Waals surface area contributed by atoms with E-state index in [1.54, 1.807) is 0 Å². The maximum atomic E-state index is 10.8. The average molecular weight is 240 g/mol. The number of carbonyl (C=O) groups excluding carboxylic acids is 1. The maximum absolute atomic E-state index is 10.8. The first-order valence-corrected chi connectivity index (χ1v) is 6.58. The third-order valence-electron chi connectivity index (χ3n) is 4.74. The minimum atomic E-state index is -0.659. The lowest BCUT2D eigenvalue weighted by Crippen LogP contribution is -2.49. The monoisotopic (exact) mass is 240 g/mol. The SMILES string of the molecule is COC(=O)OCOC1C2CC3CC(C2)CC1C3. The highest BCUT2D eigenvalue weighted by Crippen LogP contribution is 2.54. The molecule has 4 heteroatoms. The van der Waals surface area contributed by atoms with Gasteiger partial charge in [-0.3, -0.25) is 0 Å². The molecule has 17 heavy (non-hydrogen) atoms. The molecule has 0 atom stereocenters. The van der Waals surface area contributed by atoms with Crippen molar-refractivity contribution >= 4 is 6.16 Å². The number of methoxy groups -OCH3 is 1. The first kappa shape index (κ1) is 11.3. The van der Waals surface area contributed by atoms with Crippen LogP contribution in [-0.2, 0) is 14.2 Å². The summed E-state index contributed by atoms with van der Waals surface area (Å²) in [4.78, 5) is 10.8. The van der Waals surface area contributed by atoms with E-state index in [0.29, 0.717) is 17.9 Å². The summed E-state index contributed by atoms with van der Waals surface area (Å²) in [6.45, 7) is 0.0413. The minimum Gasteiger partial charge on any atom is -0.438 e. The van der Waals surface area contributed by atoms with Crippen LogP contribution in [0.4, 0.5) is 4.79 Å². The molecule has 0 aliphatic heterocycles. The van der Waals surface area contributed by atoms with E-state index in [0.717, 1.165) is 11.8 Å². The molecule has 4 fully saturated rings. The minimum absolute atomic E-state index is 0.0413. The van der Waals surface area contributed by atoms with E-state index in [-0.39, 0.29) is 6.79 Å². The van der Waals surface area contributed by atoms with Gasteiger partial charge in [0, 0.05) is 0 Å². The molecule has 4 aliphatic rings. The van der Waals surface area contributed by atoms with Gasteiger partial charge in [-0.1, -0.05) is 0 Å². The smallest absolute Gasteiger partial charge is 0.438 e. The van der Waals surface area contributed by atoms with Crippen molar-refractivity contribution in [1.29, 1.82) is 0 Å². The molecule has 0 spiro atoms. The Balaban J connectivity index is 1.52. The zero-order chi connectivity index (χ0) is 11.8. The molecule has 0 aromatic heterocycles. The van der Waals surface area contributed by atoms with Crippen molar-refractivity contribution in [3.05, 3.63) is 0 Å². The molecule has 0 aromatic rings. The van der Waals surface area contributed by atoms with Crippen LogP contribution in [0.3, 0.4) is 0 Å². The lowest BCUT2D eigenvalue weighted by molar-refractivity contribution is -0.165. The van der Waals surface area contributed by atoms with Crippen molar-refractivity contribution in [3.8, 4) is 0 Å². The van der Waals surface area contributed by atoms with Crippen LogP contribution in [0.2, 0.25) is 0 Å². The quantitative estimate of drug-likeness (QED) is 0.562. The summed E-state index contributed by atoms with van der Waals surface area (Å²) in [6.07, 6.45) is 6.36. The molecule has 4 rings (SSSR count). The van der Waals surface area contributed by atoms with Crippen LogP contribution in [0.25, 0.3) is 0 Å². The van der Waals surface area contributed by atoms with Gasteiger partial charge in [-0.2, -0.15) is 0 Å². The van der Waals surface area contributed by atoms with E-state index >= 15 is 0 Å². The van der Waals surface area contributed by atoms with Crippen LogP contribution < -0.4 is 0 Å². The second kappa shape index (κ2) is 4.48. The van der Waals surface area contributed by atoms with Gasteiger partial charge in [0.1, 0.15) is 0 Å². The van der Waals surface area contributed by atoms with E-state index in [2.05, 4.69) is 4.74 Å². The van der Waals surface area contributed by atoms with Crippen molar-refractivity contribution in [2.24, 2.45) is 23.7 Å². The molecular weight excluding hydrogens is 220 g/mol. The Kier molecular flexibility index (Phi) is 2.99. The summed E-state index contributed by atoms with van der Waals surface area (Å²) >= 11 is 0. The fourth-order valence-corrected chi connectivity index (χ4v) is 4.37. The summed E-state index contributed by atoms with van der Waals surface area (Å²) in [5, 5.41) is 0. The topological polar surface area (TPSA) is 44.8 Å². The van der Waals surface area contributed by atoms with Gasteiger partial charge < -0.3 is 14.2 Å². The lowest BCUT2D eigenvalue weighted by Gasteiger charge is -2.53. The molecular formula is C13H20O4. The first-order chi connectivity index (χ1) is 8.26. The Morgan fingerprint density at radius 1 is 1.06 bits per heavy atom. The van der Waals surface area contributed by atoms with Gasteiger partial charge in [-0.25, -0.2) is 4.79 Å². The van der Waals surface area contributed by atoms with Crippen LogP contribution in [-0.4, -0.2) is 26.2 Å². The number of rotatable bonds is 3. The van der Waals surface area contributed by atoms with E-state index in [9.17, 15) is 4.79 Å². The number of carbonyl (C=O) groups is 1. The van der Waals surface area contributed by atoms with E-state index in [1.807, 2.05) is 0 Å². The Bertz CT molecular complexity index is 274. The third kappa shape index (κ3) is 2.15. The molecule has 4 bridgehead atoms. The molecule has 96 valence electrons. The van der Waals surface area contributed by atoms with Crippen LogP contribution >= 0.6 is 0 Å². The molecule has 0 saturated heterocycles. The van der Waals surface area contributed by atoms with E-state index < -0.39 is 6.16 Å². The highest BCUT2D eigenvalue weighted by Gasteiger charge is 2.48. The first-order valence-electron chi connectivity index (χ1n) is 6.58. The molecule has 4 saturated carbocycles. The summed E-state index contributed by atoms with van der Waals surface area (Å²) in [7, 11) is 1.31. The second-order valence-corrected chi connectivity index (χ2v) is 5.78. The Morgan fingerprint density at radius 3 is 2.18 bits per heavy atom. The molecule has 4 nitrogen and oxygen atoms in total. The van der Waals surface area contributed by atoms with Crippen LogP contribution in [0.5, 0.6) is 0 Å². The van der Waals surface area contributed by atoms with Crippen molar-refractivity contribution in [3.63, 3.8) is 0 Å². The number of hydrogen-bond donors (Lipinski definition) is 0. The van der Waals surface area contributed by atoms with Crippen molar-refractivity contribution < 1.29 is 19.0 Å². The number of ether oxygens (including phenoxy) is 3. The fourth-order valence-electron chi connectivity index (χ4n) is 4.37. The number of hydrogen-bond acceptors (Lipinski definition) is 4. The summed E-state index contributed by atoms with van der Waals surface area (Å²) in [5.74, 6) is 3.29. The normalized spacial score (nSPS) is 42.5. The molecule has 0 aromatic carbocycles. The molecule has 0 radical (unpaired) electrons. The van der Waals surface area contributed by atoms with Crippen LogP contribution in [0, 0.1) is 23.7 Å². The van der Waals surface area contributed by atoms with Gasteiger partial charge in [0.25, 0.3) is 0 Å². The molecule has 0 amide bonds. The van der Waals surface area contributed by atoms with Gasteiger partial charge in [-0.05, 0) is 55.8 Å². The maximum Gasteiger partial charge on any atom is 0.510 e. The summed E-state index contributed by atoms with van der Waals surface area (Å²) in [5.41, 5.74) is 0. The summed E-state index contributed by atoms with van der Waals surface area (Å²) < 4.78 is 15.0. The average Bonchev–Trinajstić information content (AvgIpc) is 2.31. The van der Waals surface area contributed by atoms with Crippen LogP contribution in [0.15, 0.2) is 0 Å². The second-order valence-electron chi connectivity index (χ2n) is 5.78. The largest absolute Gasteiger partial charge is 0.510 e. The zero-order valence-corrected chi connectivity index (χ0v) is 10.3. The standard InChI is InChI=1S/C13H20O4/c1-15-13(14)17-7-16-12-10-3-8-2-9(5-10)6-11(12)4-8/h8-12H,2-7H2,1H3. The van der Waals surface area contributed by atoms with Gasteiger partial charge in [-0.15, -0.1) is 0 Å². The molecule has 4 aliphatic carbocycles. The Hall–Kier alpha value is -0.770. The predicted octanol–water partition coefficient (Wildman–Crippen LogP) is 2.57. The van der Waals surface area contributed by atoms with Gasteiger partial charge in [0.05, 0.1) is 13.2 Å². The molecule has 0 N–H and O–H groups in total. The van der Waals surface area contributed by atoms with Crippen molar-refractivity contribution in [2.45, 2.75) is 38.2 Å². The summed E-state index contributed by atoms with van der Waals surface area (Å²) in [6, 6.07) is 0. The highest BCUT2D eigenvalue weighted by molar-refractivity contribution is 5.59. The highest BCUT2D eigenvalue weighted by atomic mass is 16.8. The fraction of sp³-hybridized carbons (Fsp3) is 0.923. The van der Waals surface area contributed by atoms with E-state index in [4.69, 9.17) is 9.47 Å². The van der Waals surface area contributed by atoms with Gasteiger partial charge in [0.15, 0.2) is 6.79 Å². The lowest BCUT2D eigenvalue weighted by atomic mass is 9.55. The van der Waals surface area contributed by atoms with E-state index in [1.165, 1.54) is 39.2 Å². The molecule has 0 heterocycles. The van der Waals surface area contributed by atoms with Crippen molar-refractivity contribution in [2.75, 3.05) is 13.9 Å². The Morgan fingerprint density at radius 2 is 1.65 bits per heavy atom. The third-order valence-corrected chi connectivity index (χ3v) is 4.74. The zero-order valence-electron chi connectivity index (χ0n) is 10.3. The predicted molar refractivity (Wildman–Crippen MR) is 60.3 cm³/mol. The molecule has 0 unspecified atom stereocenters.